The Kier molecular flexibility index (Phi) is 2.52. The fraction of sp³-hybridized carbons (Fsp3) is 0.0714. The molecule has 0 atom stereocenters. The van der Waals surface area contributed by atoms with E-state index < -0.39 is 5.97 Å². The Bertz CT molecular complexity index is 777. The van der Waals surface area contributed by atoms with E-state index in [1.54, 1.807) is 0 Å². The molecule has 0 spiro atoms. The quantitative estimate of drug-likeness (QED) is 0.760. The fourth-order valence-corrected chi connectivity index (χ4v) is 1.90. The van der Waals surface area contributed by atoms with Crippen LogP contribution in [0.25, 0.3) is 22.2 Å². The maximum atomic E-state index is 10.8. The molecule has 3 aromatic rings. The highest BCUT2D eigenvalue weighted by atomic mass is 16.5. The van der Waals surface area contributed by atoms with E-state index in [4.69, 9.17) is 9.63 Å². The lowest BCUT2D eigenvalue weighted by Crippen LogP contribution is -1.91. The van der Waals surface area contributed by atoms with Gasteiger partial charge in [0.15, 0.2) is 0 Å². The van der Waals surface area contributed by atoms with Crippen LogP contribution >= 0.6 is 0 Å². The molecule has 1 N–H and O–H groups in total. The van der Waals surface area contributed by atoms with Gasteiger partial charge in [-0.05, 0) is 25.1 Å². The summed E-state index contributed by atoms with van der Waals surface area (Å²) in [4.78, 5) is 15.2. The van der Waals surface area contributed by atoms with E-state index in [-0.39, 0.29) is 5.76 Å². The predicted molar refractivity (Wildman–Crippen MR) is 68.9 cm³/mol. The van der Waals surface area contributed by atoms with Gasteiger partial charge in [0, 0.05) is 22.7 Å². The van der Waals surface area contributed by atoms with E-state index in [1.165, 1.54) is 6.07 Å². The molecule has 19 heavy (non-hydrogen) atoms. The van der Waals surface area contributed by atoms with E-state index in [2.05, 4.69) is 10.1 Å². The number of rotatable bonds is 2. The molecule has 0 fully saturated rings. The number of aryl methyl sites for hydroxylation is 1. The highest BCUT2D eigenvalue weighted by molar-refractivity contribution is 5.87. The summed E-state index contributed by atoms with van der Waals surface area (Å²) >= 11 is 0. The monoisotopic (exact) mass is 254 g/mol. The number of fused-ring (bicyclic) bond motifs is 1. The third-order valence-corrected chi connectivity index (χ3v) is 2.85. The Labute approximate surface area is 108 Å². The number of hydrogen-bond donors (Lipinski definition) is 1. The van der Waals surface area contributed by atoms with Crippen molar-refractivity contribution in [2.45, 2.75) is 6.92 Å². The molecule has 2 heterocycles. The van der Waals surface area contributed by atoms with Crippen LogP contribution in [0.4, 0.5) is 0 Å². The fourth-order valence-electron chi connectivity index (χ4n) is 1.90. The molecular formula is C14H10N2O3. The van der Waals surface area contributed by atoms with Crippen molar-refractivity contribution < 1.29 is 14.4 Å². The van der Waals surface area contributed by atoms with Gasteiger partial charge in [0.05, 0.1) is 5.52 Å². The van der Waals surface area contributed by atoms with Gasteiger partial charge in [-0.15, -0.1) is 0 Å². The van der Waals surface area contributed by atoms with Gasteiger partial charge in [-0.3, -0.25) is 4.98 Å². The number of nitrogens with zero attached hydrogens (tertiary/aromatic N) is 2. The van der Waals surface area contributed by atoms with Crippen LogP contribution in [0.15, 0.2) is 40.9 Å². The summed E-state index contributed by atoms with van der Waals surface area (Å²) in [5, 5.41) is 13.5. The van der Waals surface area contributed by atoms with Crippen LogP contribution < -0.4 is 0 Å². The van der Waals surface area contributed by atoms with Crippen LogP contribution in [0.3, 0.4) is 0 Å². The Morgan fingerprint density at radius 3 is 2.79 bits per heavy atom. The van der Waals surface area contributed by atoms with E-state index in [1.807, 2.05) is 37.3 Å². The smallest absolute Gasteiger partial charge is 0.374 e. The van der Waals surface area contributed by atoms with Crippen molar-refractivity contribution in [2.75, 3.05) is 0 Å². The van der Waals surface area contributed by atoms with Crippen LogP contribution in [0.2, 0.25) is 0 Å². The topological polar surface area (TPSA) is 76.2 Å². The standard InChI is InChI=1S/C14H10N2O3/c1-8-2-3-9-6-10(4-5-11(9)15-8)12-7-13(14(17)18)19-16-12/h2-7H,1H3,(H,17,18). The lowest BCUT2D eigenvalue weighted by molar-refractivity contribution is 0.0652. The average Bonchev–Trinajstić information content (AvgIpc) is 2.88. The van der Waals surface area contributed by atoms with Gasteiger partial charge < -0.3 is 9.63 Å². The Balaban J connectivity index is 2.09. The van der Waals surface area contributed by atoms with Crippen LogP contribution in [0, 0.1) is 6.92 Å². The summed E-state index contributed by atoms with van der Waals surface area (Å²) in [5.41, 5.74) is 3.15. The molecule has 0 unspecified atom stereocenters. The number of carboxylic acid groups (broad SMARTS) is 1. The second-order valence-corrected chi connectivity index (χ2v) is 4.24. The molecule has 0 saturated carbocycles. The van der Waals surface area contributed by atoms with E-state index >= 15 is 0 Å². The van der Waals surface area contributed by atoms with E-state index in [0.717, 1.165) is 22.2 Å². The van der Waals surface area contributed by atoms with Gasteiger partial charge in [-0.25, -0.2) is 4.79 Å². The Morgan fingerprint density at radius 2 is 2.05 bits per heavy atom. The minimum atomic E-state index is -1.13. The van der Waals surface area contributed by atoms with Crippen molar-refractivity contribution in [3.8, 4) is 11.3 Å². The van der Waals surface area contributed by atoms with Crippen molar-refractivity contribution in [1.29, 1.82) is 0 Å². The van der Waals surface area contributed by atoms with E-state index in [0.29, 0.717) is 5.69 Å². The summed E-state index contributed by atoms with van der Waals surface area (Å²) < 4.78 is 4.75. The highest BCUT2D eigenvalue weighted by Gasteiger charge is 2.12. The number of benzene rings is 1. The largest absolute Gasteiger partial charge is 0.475 e. The molecule has 0 aliphatic rings. The summed E-state index contributed by atoms with van der Waals surface area (Å²) in [6.45, 7) is 1.93. The van der Waals surface area contributed by atoms with Gasteiger partial charge >= 0.3 is 5.97 Å². The molecule has 5 heteroatoms. The maximum Gasteiger partial charge on any atom is 0.374 e. The minimum absolute atomic E-state index is 0.169. The Morgan fingerprint density at radius 1 is 1.21 bits per heavy atom. The van der Waals surface area contributed by atoms with Crippen molar-refractivity contribution >= 4 is 16.9 Å². The van der Waals surface area contributed by atoms with Crippen molar-refractivity contribution in [1.82, 2.24) is 10.1 Å². The minimum Gasteiger partial charge on any atom is -0.475 e. The Hall–Kier alpha value is -2.69. The van der Waals surface area contributed by atoms with Crippen LogP contribution in [-0.2, 0) is 0 Å². The third kappa shape index (κ3) is 2.06. The number of aromatic carboxylic acids is 1. The molecule has 2 aromatic heterocycles. The van der Waals surface area contributed by atoms with Crippen molar-refractivity contribution in [3.63, 3.8) is 0 Å². The number of carboxylic acids is 1. The molecular weight excluding hydrogens is 244 g/mol. The van der Waals surface area contributed by atoms with Gasteiger partial charge in [-0.2, -0.15) is 0 Å². The highest BCUT2D eigenvalue weighted by Crippen LogP contribution is 2.23. The first-order valence-electron chi connectivity index (χ1n) is 5.71. The molecule has 3 rings (SSSR count). The zero-order chi connectivity index (χ0) is 13.4. The normalized spacial score (nSPS) is 10.8. The SMILES string of the molecule is Cc1ccc2cc(-c3cc(C(=O)O)on3)ccc2n1. The maximum absolute atomic E-state index is 10.8. The first kappa shape index (κ1) is 11.4. The summed E-state index contributed by atoms with van der Waals surface area (Å²) in [6.07, 6.45) is 0. The van der Waals surface area contributed by atoms with Gasteiger partial charge in [-0.1, -0.05) is 17.3 Å². The van der Waals surface area contributed by atoms with Crippen molar-refractivity contribution in [3.05, 3.63) is 47.9 Å². The molecule has 1 aromatic carbocycles. The van der Waals surface area contributed by atoms with Gasteiger partial charge in [0.1, 0.15) is 5.69 Å². The number of pyridine rings is 1. The molecule has 0 saturated heterocycles. The summed E-state index contributed by atoms with van der Waals surface area (Å²) in [5.74, 6) is -1.30. The first-order valence-corrected chi connectivity index (χ1v) is 5.71. The molecule has 94 valence electrons. The zero-order valence-electron chi connectivity index (χ0n) is 10.1. The average molecular weight is 254 g/mol. The molecule has 0 radical (unpaired) electrons. The van der Waals surface area contributed by atoms with Crippen molar-refractivity contribution in [2.24, 2.45) is 0 Å². The predicted octanol–water partition coefficient (Wildman–Crippen LogP) is 2.90. The first-order chi connectivity index (χ1) is 9.13. The van der Waals surface area contributed by atoms with Crippen LogP contribution in [0.5, 0.6) is 0 Å². The molecule has 5 nitrogen and oxygen atoms in total. The second-order valence-electron chi connectivity index (χ2n) is 4.24. The molecule has 0 aliphatic carbocycles. The zero-order valence-corrected chi connectivity index (χ0v) is 10.1. The molecule has 0 aliphatic heterocycles. The summed E-state index contributed by atoms with van der Waals surface area (Å²) in [6, 6.07) is 10.9. The van der Waals surface area contributed by atoms with Gasteiger partial charge in [0.25, 0.3) is 0 Å². The van der Waals surface area contributed by atoms with Crippen LogP contribution in [-0.4, -0.2) is 21.2 Å². The second kappa shape index (κ2) is 4.20. The lowest BCUT2D eigenvalue weighted by atomic mass is 10.1. The third-order valence-electron chi connectivity index (χ3n) is 2.85. The lowest BCUT2D eigenvalue weighted by Gasteiger charge is -2.01. The number of carbonyl (C=O) groups is 1. The van der Waals surface area contributed by atoms with Crippen LogP contribution in [0.1, 0.15) is 16.2 Å². The number of hydrogen-bond acceptors (Lipinski definition) is 4. The van der Waals surface area contributed by atoms with E-state index in [9.17, 15) is 4.79 Å². The molecule has 0 amide bonds. The molecule has 0 bridgehead atoms. The number of aromatic nitrogens is 2. The van der Waals surface area contributed by atoms with Gasteiger partial charge in [0.2, 0.25) is 5.76 Å². The summed E-state index contributed by atoms with van der Waals surface area (Å²) in [7, 11) is 0.